The van der Waals surface area contributed by atoms with Gasteiger partial charge < -0.3 is 9.72 Å². The minimum absolute atomic E-state index is 0.0234. The van der Waals surface area contributed by atoms with Crippen LogP contribution < -0.4 is 11.3 Å². The van der Waals surface area contributed by atoms with Crippen LogP contribution >= 0.6 is 11.8 Å². The van der Waals surface area contributed by atoms with Gasteiger partial charge >= 0.3 is 0 Å². The van der Waals surface area contributed by atoms with Crippen LogP contribution in [0.2, 0.25) is 0 Å². The van der Waals surface area contributed by atoms with E-state index in [1.54, 1.807) is 18.1 Å². The summed E-state index contributed by atoms with van der Waals surface area (Å²) in [5.41, 5.74) is 3.59. The molecule has 0 spiro atoms. The molecule has 1 amide bonds. The van der Waals surface area contributed by atoms with Crippen molar-refractivity contribution in [1.29, 1.82) is 0 Å². The van der Waals surface area contributed by atoms with Crippen LogP contribution in [0.3, 0.4) is 0 Å². The largest absolute Gasteiger partial charge is 0.364 e. The van der Waals surface area contributed by atoms with Gasteiger partial charge in [-0.25, -0.2) is 20.8 Å². The third kappa shape index (κ3) is 2.60. The smallest absolute Gasteiger partial charge is 0.263 e. The Kier molecular flexibility index (Phi) is 3.81. The predicted molar refractivity (Wildman–Crippen MR) is 72.6 cm³/mol. The van der Waals surface area contributed by atoms with Gasteiger partial charge in [0.1, 0.15) is 23.0 Å². The van der Waals surface area contributed by atoms with E-state index in [2.05, 4.69) is 25.4 Å². The average molecular weight is 294 g/mol. The molecular formula is C11H14N6O2S. The van der Waals surface area contributed by atoms with Crippen LogP contribution in [0.25, 0.3) is 11.2 Å². The Labute approximate surface area is 118 Å². The van der Waals surface area contributed by atoms with Gasteiger partial charge in [0.2, 0.25) is 0 Å². The Morgan fingerprint density at radius 1 is 1.50 bits per heavy atom. The molecule has 3 heterocycles. The molecule has 2 aromatic heterocycles. The number of aromatic amines is 1. The molecule has 1 saturated heterocycles. The van der Waals surface area contributed by atoms with Gasteiger partial charge in [-0.05, 0) is 12.8 Å². The predicted octanol–water partition coefficient (Wildman–Crippen LogP) is -0.0175. The Balaban J connectivity index is 1.60. The highest BCUT2D eigenvalue weighted by molar-refractivity contribution is 7.99. The van der Waals surface area contributed by atoms with E-state index in [1.807, 2.05) is 0 Å². The topological polar surface area (TPSA) is 119 Å². The fourth-order valence-electron chi connectivity index (χ4n) is 2.14. The van der Waals surface area contributed by atoms with Crippen molar-refractivity contribution in [2.24, 2.45) is 5.84 Å². The lowest BCUT2D eigenvalue weighted by Gasteiger charge is -2.11. The molecular weight excluding hydrogens is 280 g/mol. The van der Waals surface area contributed by atoms with Crippen LogP contribution in [-0.4, -0.2) is 43.8 Å². The number of hydrazine groups is 1. The molecule has 1 aliphatic heterocycles. The number of carbonyl (C=O) groups excluding carboxylic acids is 1. The average Bonchev–Trinajstić information content (AvgIpc) is 3.13. The number of nitrogens with one attached hydrogen (secondary N) is 2. The van der Waals surface area contributed by atoms with Gasteiger partial charge in [0.25, 0.3) is 5.91 Å². The molecule has 2 atom stereocenters. The maximum atomic E-state index is 11.4. The molecule has 2 aromatic rings. The summed E-state index contributed by atoms with van der Waals surface area (Å²) in [5.74, 6) is 5.55. The van der Waals surface area contributed by atoms with E-state index in [0.29, 0.717) is 12.1 Å². The number of H-pyrrole nitrogens is 1. The number of nitrogens with two attached hydrogens (primary N) is 1. The van der Waals surface area contributed by atoms with Crippen molar-refractivity contribution in [2.75, 3.05) is 5.75 Å². The van der Waals surface area contributed by atoms with Crippen molar-refractivity contribution in [2.45, 2.75) is 30.1 Å². The van der Waals surface area contributed by atoms with Gasteiger partial charge in [0.05, 0.1) is 12.4 Å². The summed E-state index contributed by atoms with van der Waals surface area (Å²) in [6, 6.07) is 0. The normalized spacial score (nSPS) is 22.2. The second-order valence-electron chi connectivity index (χ2n) is 4.42. The number of hydrogen-bond acceptors (Lipinski definition) is 7. The summed E-state index contributed by atoms with van der Waals surface area (Å²) in [4.78, 5) is 26.8. The van der Waals surface area contributed by atoms with Gasteiger partial charge in [-0.1, -0.05) is 0 Å². The van der Waals surface area contributed by atoms with Crippen molar-refractivity contribution in [3.8, 4) is 0 Å². The minimum Gasteiger partial charge on any atom is -0.364 e. The van der Waals surface area contributed by atoms with Crippen molar-refractivity contribution in [1.82, 2.24) is 25.4 Å². The van der Waals surface area contributed by atoms with E-state index in [1.165, 1.54) is 6.33 Å². The molecule has 4 N–H and O–H groups in total. The van der Waals surface area contributed by atoms with E-state index in [4.69, 9.17) is 10.6 Å². The molecule has 0 aliphatic carbocycles. The summed E-state index contributed by atoms with van der Waals surface area (Å²) >= 11 is 1.56. The quantitative estimate of drug-likeness (QED) is 0.238. The van der Waals surface area contributed by atoms with Crippen molar-refractivity contribution in [3.05, 3.63) is 12.7 Å². The van der Waals surface area contributed by atoms with Gasteiger partial charge in [0.15, 0.2) is 5.65 Å². The lowest BCUT2D eigenvalue weighted by molar-refractivity contribution is -0.131. The summed E-state index contributed by atoms with van der Waals surface area (Å²) < 4.78 is 5.65. The molecule has 0 bridgehead atoms. The molecule has 0 saturated carbocycles. The molecule has 0 radical (unpaired) electrons. The van der Waals surface area contributed by atoms with Crippen LogP contribution in [0, 0.1) is 0 Å². The minimum atomic E-state index is -0.442. The molecule has 0 aromatic carbocycles. The molecule has 20 heavy (non-hydrogen) atoms. The summed E-state index contributed by atoms with van der Waals surface area (Å²) in [6.45, 7) is 0. The highest BCUT2D eigenvalue weighted by Gasteiger charge is 2.30. The zero-order valence-corrected chi connectivity index (χ0v) is 11.4. The summed E-state index contributed by atoms with van der Waals surface area (Å²) in [7, 11) is 0. The number of nitrogens with zero attached hydrogens (tertiary/aromatic N) is 3. The maximum absolute atomic E-state index is 11.4. The number of amides is 1. The second-order valence-corrected chi connectivity index (χ2v) is 5.43. The lowest BCUT2D eigenvalue weighted by Crippen LogP contribution is -2.39. The Morgan fingerprint density at radius 2 is 2.40 bits per heavy atom. The monoisotopic (exact) mass is 294 g/mol. The van der Waals surface area contributed by atoms with Crippen molar-refractivity contribution in [3.63, 3.8) is 0 Å². The number of ether oxygens (including phenoxy) is 1. The van der Waals surface area contributed by atoms with Crippen molar-refractivity contribution >= 4 is 28.8 Å². The van der Waals surface area contributed by atoms with Crippen LogP contribution in [0.15, 0.2) is 17.7 Å². The number of imidazole rings is 1. The van der Waals surface area contributed by atoms with E-state index < -0.39 is 6.10 Å². The first-order chi connectivity index (χ1) is 9.78. The number of aromatic nitrogens is 4. The summed E-state index contributed by atoms with van der Waals surface area (Å²) in [5, 5.41) is 0.836. The third-order valence-electron chi connectivity index (χ3n) is 3.14. The van der Waals surface area contributed by atoms with Gasteiger partial charge in [-0.15, -0.1) is 11.8 Å². The zero-order chi connectivity index (χ0) is 13.9. The second kappa shape index (κ2) is 5.73. The molecule has 8 nitrogen and oxygen atoms in total. The lowest BCUT2D eigenvalue weighted by atomic mass is 10.2. The highest BCUT2D eigenvalue weighted by Crippen LogP contribution is 2.28. The standard InChI is InChI=1S/C11H14N6O2S/c12-17-10(18)7-2-1-6(19-7)3-20-11-8-9(14-4-13-8)15-5-16-11/h4-7H,1-3,12H2,(H,17,18)(H,13,14,15,16). The van der Waals surface area contributed by atoms with E-state index >= 15 is 0 Å². The molecule has 1 fully saturated rings. The van der Waals surface area contributed by atoms with Gasteiger partial charge in [-0.3, -0.25) is 10.2 Å². The fraction of sp³-hybridized carbons (Fsp3) is 0.455. The van der Waals surface area contributed by atoms with Crippen LogP contribution in [0.4, 0.5) is 0 Å². The van der Waals surface area contributed by atoms with E-state index in [9.17, 15) is 4.79 Å². The number of fused-ring (bicyclic) bond motifs is 1. The Hall–Kier alpha value is -1.71. The Bertz CT molecular complexity index is 618. The first-order valence-electron chi connectivity index (χ1n) is 6.20. The summed E-state index contributed by atoms with van der Waals surface area (Å²) in [6.07, 6.45) is 4.20. The Morgan fingerprint density at radius 3 is 3.25 bits per heavy atom. The molecule has 1 aliphatic rings. The SMILES string of the molecule is NNC(=O)C1CCC(CSc2ncnc3nc[nH]c23)O1. The van der Waals surface area contributed by atoms with Crippen LogP contribution in [-0.2, 0) is 9.53 Å². The van der Waals surface area contributed by atoms with Crippen molar-refractivity contribution < 1.29 is 9.53 Å². The molecule has 2 unspecified atom stereocenters. The highest BCUT2D eigenvalue weighted by atomic mass is 32.2. The number of carbonyl (C=O) groups is 1. The molecule has 106 valence electrons. The van der Waals surface area contributed by atoms with E-state index in [-0.39, 0.29) is 12.0 Å². The maximum Gasteiger partial charge on any atom is 0.263 e. The first kappa shape index (κ1) is 13.3. The number of thioether (sulfide) groups is 1. The number of rotatable bonds is 4. The fourth-order valence-corrected chi connectivity index (χ4v) is 3.14. The molecule has 3 rings (SSSR count). The van der Waals surface area contributed by atoms with Gasteiger partial charge in [-0.2, -0.15) is 0 Å². The van der Waals surface area contributed by atoms with Gasteiger partial charge in [0, 0.05) is 5.75 Å². The first-order valence-corrected chi connectivity index (χ1v) is 7.19. The number of hydrogen-bond donors (Lipinski definition) is 3. The van der Waals surface area contributed by atoms with Crippen LogP contribution in [0.1, 0.15) is 12.8 Å². The van der Waals surface area contributed by atoms with Crippen LogP contribution in [0.5, 0.6) is 0 Å². The molecule has 9 heteroatoms. The van der Waals surface area contributed by atoms with E-state index in [0.717, 1.165) is 22.7 Å². The third-order valence-corrected chi connectivity index (χ3v) is 4.26. The zero-order valence-electron chi connectivity index (χ0n) is 10.6.